The van der Waals surface area contributed by atoms with Crippen LogP contribution < -0.4 is 0 Å². The summed E-state index contributed by atoms with van der Waals surface area (Å²) in [6.45, 7) is 7.47. The zero-order valence-corrected chi connectivity index (χ0v) is 13.4. The Morgan fingerprint density at radius 3 is 2.26 bits per heavy atom. The number of piperidine rings is 1. The van der Waals surface area contributed by atoms with Crippen LogP contribution in [0.1, 0.15) is 52.9 Å². The van der Waals surface area contributed by atoms with Crippen molar-refractivity contribution >= 4 is 10.0 Å². The van der Waals surface area contributed by atoms with Crippen LogP contribution in [0, 0.1) is 11.3 Å². The average molecular weight is 291 g/mol. The van der Waals surface area contributed by atoms with E-state index >= 15 is 0 Å². The van der Waals surface area contributed by atoms with Crippen LogP contribution in [0.2, 0.25) is 0 Å². The Labute approximate surface area is 118 Å². The second-order valence-corrected chi connectivity index (χ2v) is 8.10. The third kappa shape index (κ3) is 4.43. The molecule has 1 rings (SSSR count). The fourth-order valence-corrected chi connectivity index (χ4v) is 4.74. The maximum atomic E-state index is 12.3. The summed E-state index contributed by atoms with van der Waals surface area (Å²) >= 11 is 0. The molecule has 0 amide bonds. The molecule has 1 unspecified atom stereocenters. The first-order valence-corrected chi connectivity index (χ1v) is 9.08. The molecule has 0 spiro atoms. The van der Waals surface area contributed by atoms with Crippen LogP contribution in [-0.2, 0) is 10.0 Å². The second kappa shape index (κ2) is 7.04. The van der Waals surface area contributed by atoms with Gasteiger partial charge in [0.2, 0.25) is 10.0 Å². The molecule has 0 aromatic carbocycles. The van der Waals surface area contributed by atoms with Crippen molar-refractivity contribution < 1.29 is 13.5 Å². The van der Waals surface area contributed by atoms with Gasteiger partial charge in [0, 0.05) is 19.7 Å². The first kappa shape index (κ1) is 16.9. The first-order valence-electron chi connectivity index (χ1n) is 7.48. The Hall–Kier alpha value is -0.130. The molecule has 19 heavy (non-hydrogen) atoms. The van der Waals surface area contributed by atoms with Gasteiger partial charge >= 0.3 is 0 Å². The highest BCUT2D eigenvalue weighted by Crippen LogP contribution is 2.35. The third-order valence-electron chi connectivity index (χ3n) is 4.54. The normalized spacial score (nSPS) is 22.3. The van der Waals surface area contributed by atoms with Crippen LogP contribution in [0.15, 0.2) is 0 Å². The van der Waals surface area contributed by atoms with Crippen molar-refractivity contribution in [3.63, 3.8) is 0 Å². The second-order valence-electron chi connectivity index (χ2n) is 6.08. The summed E-state index contributed by atoms with van der Waals surface area (Å²) in [5.41, 5.74) is -0.0545. The summed E-state index contributed by atoms with van der Waals surface area (Å²) in [4.78, 5) is 0. The predicted octanol–water partition coefficient (Wildman–Crippen LogP) is 2.24. The minimum atomic E-state index is -3.12. The van der Waals surface area contributed by atoms with Crippen molar-refractivity contribution in [2.24, 2.45) is 11.3 Å². The average Bonchev–Trinajstić information content (AvgIpc) is 2.38. The maximum Gasteiger partial charge on any atom is 0.214 e. The minimum Gasteiger partial charge on any atom is -0.396 e. The molecule has 1 fully saturated rings. The highest BCUT2D eigenvalue weighted by atomic mass is 32.2. The SMILES string of the molecule is CCCC(C)CS(=O)(=O)N1CCC(CC)(CO)CC1. The van der Waals surface area contributed by atoms with Crippen LogP contribution in [0.5, 0.6) is 0 Å². The number of hydrogen-bond donors (Lipinski definition) is 1. The van der Waals surface area contributed by atoms with Crippen LogP contribution in [0.4, 0.5) is 0 Å². The quantitative estimate of drug-likeness (QED) is 0.782. The molecule has 4 nitrogen and oxygen atoms in total. The van der Waals surface area contributed by atoms with Gasteiger partial charge in [-0.05, 0) is 37.0 Å². The Bertz CT molecular complexity index is 353. The molecule has 0 bridgehead atoms. The highest BCUT2D eigenvalue weighted by Gasteiger charge is 2.36. The van der Waals surface area contributed by atoms with E-state index < -0.39 is 10.0 Å². The molecule has 5 heteroatoms. The van der Waals surface area contributed by atoms with Gasteiger partial charge < -0.3 is 5.11 Å². The smallest absolute Gasteiger partial charge is 0.214 e. The van der Waals surface area contributed by atoms with Crippen molar-refractivity contribution in [3.05, 3.63) is 0 Å². The van der Waals surface area contributed by atoms with Gasteiger partial charge in [-0.1, -0.05) is 27.2 Å². The van der Waals surface area contributed by atoms with Gasteiger partial charge in [0.05, 0.1) is 5.75 Å². The van der Waals surface area contributed by atoms with Gasteiger partial charge in [0.1, 0.15) is 0 Å². The lowest BCUT2D eigenvalue weighted by molar-refractivity contribution is 0.0647. The Morgan fingerprint density at radius 1 is 1.26 bits per heavy atom. The maximum absolute atomic E-state index is 12.3. The Morgan fingerprint density at radius 2 is 1.84 bits per heavy atom. The Balaban J connectivity index is 2.59. The van der Waals surface area contributed by atoms with E-state index in [9.17, 15) is 13.5 Å². The van der Waals surface area contributed by atoms with Crippen LogP contribution in [-0.4, -0.2) is 43.3 Å². The molecule has 1 aliphatic heterocycles. The van der Waals surface area contributed by atoms with Gasteiger partial charge in [-0.15, -0.1) is 0 Å². The van der Waals surface area contributed by atoms with Gasteiger partial charge in [-0.3, -0.25) is 0 Å². The molecule has 0 aliphatic carbocycles. The van der Waals surface area contributed by atoms with Gasteiger partial charge in [0.25, 0.3) is 0 Å². The number of sulfonamides is 1. The van der Waals surface area contributed by atoms with Crippen molar-refractivity contribution in [2.75, 3.05) is 25.4 Å². The first-order chi connectivity index (χ1) is 8.89. The molecule has 0 aromatic heterocycles. The lowest BCUT2D eigenvalue weighted by Gasteiger charge is -2.39. The molecule has 0 aromatic rings. The van der Waals surface area contributed by atoms with E-state index in [4.69, 9.17) is 0 Å². The fraction of sp³-hybridized carbons (Fsp3) is 1.00. The van der Waals surface area contributed by atoms with Crippen molar-refractivity contribution in [2.45, 2.75) is 52.9 Å². The van der Waals surface area contributed by atoms with Gasteiger partial charge in [-0.25, -0.2) is 12.7 Å². The number of aliphatic hydroxyl groups is 1. The van der Waals surface area contributed by atoms with Crippen LogP contribution >= 0.6 is 0 Å². The number of hydrogen-bond acceptors (Lipinski definition) is 3. The molecule has 1 aliphatic rings. The lowest BCUT2D eigenvalue weighted by Crippen LogP contribution is -2.45. The van der Waals surface area contributed by atoms with E-state index in [1.165, 1.54) is 0 Å². The lowest BCUT2D eigenvalue weighted by atomic mass is 9.77. The van der Waals surface area contributed by atoms with Gasteiger partial charge in [-0.2, -0.15) is 0 Å². The summed E-state index contributed by atoms with van der Waals surface area (Å²) in [7, 11) is -3.12. The summed E-state index contributed by atoms with van der Waals surface area (Å²) in [6.07, 6.45) is 4.47. The molecule has 114 valence electrons. The molecule has 1 heterocycles. The number of rotatable bonds is 7. The standard InChI is InChI=1S/C14H29NO3S/c1-4-6-13(3)11-19(17,18)15-9-7-14(5-2,12-16)8-10-15/h13,16H,4-12H2,1-3H3. The van der Waals surface area contributed by atoms with E-state index in [0.717, 1.165) is 32.1 Å². The fourth-order valence-electron chi connectivity index (χ4n) is 2.90. The summed E-state index contributed by atoms with van der Waals surface area (Å²) in [5, 5.41) is 9.48. The van der Waals surface area contributed by atoms with E-state index in [-0.39, 0.29) is 23.7 Å². The molecule has 0 saturated carbocycles. The molecular formula is C14H29NO3S. The topological polar surface area (TPSA) is 57.6 Å². The molecule has 1 N–H and O–H groups in total. The summed E-state index contributed by atoms with van der Waals surface area (Å²) in [6, 6.07) is 0. The summed E-state index contributed by atoms with van der Waals surface area (Å²) in [5.74, 6) is 0.490. The number of nitrogens with zero attached hydrogens (tertiary/aromatic N) is 1. The monoisotopic (exact) mass is 291 g/mol. The minimum absolute atomic E-state index is 0.0545. The molecular weight excluding hydrogens is 262 g/mol. The zero-order chi connectivity index (χ0) is 14.5. The summed E-state index contributed by atoms with van der Waals surface area (Å²) < 4.78 is 26.3. The predicted molar refractivity (Wildman–Crippen MR) is 78.5 cm³/mol. The van der Waals surface area contributed by atoms with Crippen LogP contribution in [0.3, 0.4) is 0 Å². The van der Waals surface area contributed by atoms with E-state index in [1.54, 1.807) is 4.31 Å². The molecule has 0 radical (unpaired) electrons. The highest BCUT2D eigenvalue weighted by molar-refractivity contribution is 7.89. The molecule has 1 atom stereocenters. The number of aliphatic hydroxyl groups excluding tert-OH is 1. The van der Waals surface area contributed by atoms with Crippen molar-refractivity contribution in [1.82, 2.24) is 4.31 Å². The van der Waals surface area contributed by atoms with Crippen molar-refractivity contribution in [3.8, 4) is 0 Å². The van der Waals surface area contributed by atoms with E-state index in [1.807, 2.05) is 6.92 Å². The molecule has 1 saturated heterocycles. The largest absolute Gasteiger partial charge is 0.396 e. The van der Waals surface area contributed by atoms with Crippen LogP contribution in [0.25, 0.3) is 0 Å². The Kier molecular flexibility index (Phi) is 6.27. The van der Waals surface area contributed by atoms with Gasteiger partial charge in [0.15, 0.2) is 0 Å². The zero-order valence-electron chi connectivity index (χ0n) is 12.6. The van der Waals surface area contributed by atoms with E-state index in [2.05, 4.69) is 13.8 Å². The van der Waals surface area contributed by atoms with E-state index in [0.29, 0.717) is 13.1 Å². The third-order valence-corrected chi connectivity index (χ3v) is 6.68. The van der Waals surface area contributed by atoms with Crippen molar-refractivity contribution in [1.29, 1.82) is 0 Å².